The summed E-state index contributed by atoms with van der Waals surface area (Å²) in [5.74, 6) is 1.04. The summed E-state index contributed by atoms with van der Waals surface area (Å²) < 4.78 is 0. The summed E-state index contributed by atoms with van der Waals surface area (Å²) in [5.41, 5.74) is 3.08. The first-order chi connectivity index (χ1) is 16.7. The topological polar surface area (TPSA) is 49.4 Å². The van der Waals surface area contributed by atoms with E-state index in [1.165, 1.54) is 5.56 Å². The normalized spacial score (nSPS) is 24.2. The van der Waals surface area contributed by atoms with Crippen molar-refractivity contribution < 1.29 is 9.59 Å². The molecule has 174 valence electrons. The van der Waals surface area contributed by atoms with E-state index >= 15 is 0 Å². The number of benzene rings is 3. The highest BCUT2D eigenvalue weighted by atomic mass is 32.2. The van der Waals surface area contributed by atoms with Crippen molar-refractivity contribution >= 4 is 23.6 Å². The fraction of sp³-hybridized carbons (Fsp3) is 0.310. The second-order valence-electron chi connectivity index (χ2n) is 9.20. The maximum atomic E-state index is 13.8. The predicted molar refractivity (Wildman–Crippen MR) is 138 cm³/mol. The summed E-state index contributed by atoms with van der Waals surface area (Å²) in [5, 5.41) is 3.09. The molecule has 1 aliphatic carbocycles. The van der Waals surface area contributed by atoms with E-state index < -0.39 is 6.04 Å². The molecule has 34 heavy (non-hydrogen) atoms. The van der Waals surface area contributed by atoms with Crippen molar-refractivity contribution in [2.24, 2.45) is 0 Å². The van der Waals surface area contributed by atoms with E-state index in [0.29, 0.717) is 23.8 Å². The van der Waals surface area contributed by atoms with Crippen LogP contribution in [0.25, 0.3) is 0 Å². The molecule has 1 heterocycles. The second kappa shape index (κ2) is 10.1. The van der Waals surface area contributed by atoms with Crippen molar-refractivity contribution in [1.29, 1.82) is 0 Å². The first kappa shape index (κ1) is 22.7. The third-order valence-corrected chi connectivity index (χ3v) is 8.77. The third kappa shape index (κ3) is 4.62. The summed E-state index contributed by atoms with van der Waals surface area (Å²) >= 11 is 1.80. The lowest BCUT2D eigenvalue weighted by Gasteiger charge is -2.44. The standard InChI is InChI=1S/C29H30N2O2S/c32-27(30-20-22-10-4-1-5-11-22)26-21-34-29(31(26)28(33)25-14-8-3-9-15-25)18-16-24(17-19-29)23-12-6-2-7-13-23/h1-15,24,26H,16-21H2,(H,30,32). The minimum absolute atomic E-state index is 0.0383. The van der Waals surface area contributed by atoms with Crippen LogP contribution in [0.4, 0.5) is 0 Å². The summed E-state index contributed by atoms with van der Waals surface area (Å²) in [6.45, 7) is 0.470. The summed E-state index contributed by atoms with van der Waals surface area (Å²) in [6, 6.07) is 29.5. The van der Waals surface area contributed by atoms with Gasteiger partial charge in [-0.25, -0.2) is 0 Å². The number of rotatable bonds is 5. The number of amides is 2. The number of thioether (sulfide) groups is 1. The number of nitrogens with zero attached hydrogens (tertiary/aromatic N) is 1. The van der Waals surface area contributed by atoms with Gasteiger partial charge in [-0.15, -0.1) is 11.8 Å². The quantitative estimate of drug-likeness (QED) is 0.527. The number of nitrogens with one attached hydrogen (secondary N) is 1. The van der Waals surface area contributed by atoms with Crippen LogP contribution in [0.15, 0.2) is 91.0 Å². The molecule has 5 heteroatoms. The van der Waals surface area contributed by atoms with Gasteiger partial charge in [0, 0.05) is 17.9 Å². The van der Waals surface area contributed by atoms with Gasteiger partial charge in [0.05, 0.1) is 4.87 Å². The minimum atomic E-state index is -0.463. The smallest absolute Gasteiger partial charge is 0.255 e. The van der Waals surface area contributed by atoms with Crippen molar-refractivity contribution in [2.45, 2.75) is 49.1 Å². The van der Waals surface area contributed by atoms with Crippen LogP contribution < -0.4 is 5.32 Å². The van der Waals surface area contributed by atoms with E-state index in [-0.39, 0.29) is 16.7 Å². The van der Waals surface area contributed by atoms with Crippen LogP contribution >= 0.6 is 11.8 Å². The molecule has 2 fully saturated rings. The van der Waals surface area contributed by atoms with Crippen molar-refractivity contribution in [1.82, 2.24) is 10.2 Å². The monoisotopic (exact) mass is 470 g/mol. The lowest BCUT2D eigenvalue weighted by molar-refractivity contribution is -0.125. The van der Waals surface area contributed by atoms with Crippen LogP contribution in [-0.2, 0) is 11.3 Å². The highest BCUT2D eigenvalue weighted by Gasteiger charge is 2.53. The van der Waals surface area contributed by atoms with Crippen LogP contribution in [0, 0.1) is 0 Å². The Labute approximate surface area is 205 Å². The van der Waals surface area contributed by atoms with Crippen LogP contribution in [0.2, 0.25) is 0 Å². The van der Waals surface area contributed by atoms with Crippen molar-refractivity contribution in [3.63, 3.8) is 0 Å². The fourth-order valence-electron chi connectivity index (χ4n) is 5.32. The Balaban J connectivity index is 1.37. The highest BCUT2D eigenvalue weighted by molar-refractivity contribution is 8.01. The molecule has 5 rings (SSSR count). The van der Waals surface area contributed by atoms with E-state index in [0.717, 1.165) is 31.2 Å². The molecule has 1 unspecified atom stereocenters. The molecule has 4 nitrogen and oxygen atoms in total. The first-order valence-electron chi connectivity index (χ1n) is 12.1. The zero-order chi connectivity index (χ0) is 23.4. The molecule has 1 saturated heterocycles. The summed E-state index contributed by atoms with van der Waals surface area (Å²) in [4.78, 5) is 28.8. The molecular weight excluding hydrogens is 440 g/mol. The minimum Gasteiger partial charge on any atom is -0.350 e. The van der Waals surface area contributed by atoms with E-state index in [1.54, 1.807) is 11.8 Å². The molecule has 2 amide bonds. The van der Waals surface area contributed by atoms with Gasteiger partial charge in [0.2, 0.25) is 5.91 Å². The van der Waals surface area contributed by atoms with Crippen molar-refractivity contribution in [3.8, 4) is 0 Å². The van der Waals surface area contributed by atoms with Crippen LogP contribution in [0.5, 0.6) is 0 Å². The van der Waals surface area contributed by atoms with Gasteiger partial charge in [-0.1, -0.05) is 78.9 Å². The maximum Gasteiger partial charge on any atom is 0.255 e. The molecule has 1 spiro atoms. The van der Waals surface area contributed by atoms with Gasteiger partial charge >= 0.3 is 0 Å². The summed E-state index contributed by atoms with van der Waals surface area (Å²) in [7, 11) is 0. The third-order valence-electron chi connectivity index (χ3n) is 7.15. The van der Waals surface area contributed by atoms with Gasteiger partial charge < -0.3 is 10.2 Å². The average Bonchev–Trinajstić information content (AvgIpc) is 3.27. The molecular formula is C29H30N2O2S. The number of hydrogen-bond donors (Lipinski definition) is 1. The SMILES string of the molecule is O=C(NCc1ccccc1)C1CSC2(CCC(c3ccccc3)CC2)N1C(=O)c1ccccc1. The van der Waals surface area contributed by atoms with Crippen LogP contribution in [0.1, 0.15) is 53.1 Å². The lowest BCUT2D eigenvalue weighted by atomic mass is 9.80. The molecule has 1 saturated carbocycles. The van der Waals surface area contributed by atoms with E-state index in [4.69, 9.17) is 0 Å². The zero-order valence-corrected chi connectivity index (χ0v) is 20.0. The van der Waals surface area contributed by atoms with Gasteiger partial charge in [-0.3, -0.25) is 9.59 Å². The molecule has 1 aliphatic heterocycles. The van der Waals surface area contributed by atoms with E-state index in [1.807, 2.05) is 65.6 Å². The Kier molecular flexibility index (Phi) is 6.73. The molecule has 3 aromatic rings. The Morgan fingerprint density at radius 2 is 1.44 bits per heavy atom. The molecule has 2 aliphatic rings. The Hall–Kier alpha value is -3.05. The molecule has 0 aromatic heterocycles. The van der Waals surface area contributed by atoms with Gasteiger partial charge in [-0.05, 0) is 54.9 Å². The van der Waals surface area contributed by atoms with Gasteiger partial charge in [0.25, 0.3) is 5.91 Å². The average molecular weight is 471 g/mol. The van der Waals surface area contributed by atoms with Crippen molar-refractivity contribution in [2.75, 3.05) is 5.75 Å². The molecule has 1 atom stereocenters. The number of carbonyl (C=O) groups excluding carboxylic acids is 2. The Morgan fingerprint density at radius 3 is 2.09 bits per heavy atom. The summed E-state index contributed by atoms with van der Waals surface area (Å²) in [6.07, 6.45) is 3.85. The molecule has 0 radical (unpaired) electrons. The number of hydrogen-bond acceptors (Lipinski definition) is 3. The first-order valence-corrected chi connectivity index (χ1v) is 13.0. The number of carbonyl (C=O) groups is 2. The Morgan fingerprint density at radius 1 is 0.853 bits per heavy atom. The predicted octanol–water partition coefficient (Wildman–Crippen LogP) is 5.61. The lowest BCUT2D eigenvalue weighted by Crippen LogP contribution is -2.55. The van der Waals surface area contributed by atoms with E-state index in [9.17, 15) is 9.59 Å². The molecule has 1 N–H and O–H groups in total. The molecule has 0 bridgehead atoms. The maximum absolute atomic E-state index is 13.8. The molecule has 3 aromatic carbocycles. The highest BCUT2D eigenvalue weighted by Crippen LogP contribution is 2.52. The fourth-order valence-corrected chi connectivity index (χ4v) is 6.96. The second-order valence-corrected chi connectivity index (χ2v) is 10.6. The van der Waals surface area contributed by atoms with Crippen molar-refractivity contribution in [3.05, 3.63) is 108 Å². The Bertz CT molecular complexity index is 1110. The van der Waals surface area contributed by atoms with Gasteiger partial charge in [-0.2, -0.15) is 0 Å². The van der Waals surface area contributed by atoms with Gasteiger partial charge in [0.1, 0.15) is 6.04 Å². The van der Waals surface area contributed by atoms with Crippen LogP contribution in [-0.4, -0.2) is 33.4 Å². The zero-order valence-electron chi connectivity index (χ0n) is 19.2. The van der Waals surface area contributed by atoms with Crippen LogP contribution in [0.3, 0.4) is 0 Å². The van der Waals surface area contributed by atoms with E-state index in [2.05, 4.69) is 35.6 Å². The van der Waals surface area contributed by atoms with Gasteiger partial charge in [0.15, 0.2) is 0 Å². The largest absolute Gasteiger partial charge is 0.350 e.